The predicted octanol–water partition coefficient (Wildman–Crippen LogP) is 25.0. The number of rotatable bonds is 81. The summed E-state index contributed by atoms with van der Waals surface area (Å²) < 4.78 is 68.8. The molecule has 0 saturated carbocycles. The first kappa shape index (κ1) is 101. The first-order chi connectivity index (χ1) is 49.9. The van der Waals surface area contributed by atoms with E-state index in [1.807, 2.05) is 0 Å². The first-order valence-electron chi connectivity index (χ1n) is 42.8. The summed E-state index contributed by atoms with van der Waals surface area (Å²) >= 11 is 0. The van der Waals surface area contributed by atoms with Crippen molar-refractivity contribution < 1.29 is 80.2 Å². The maximum atomic E-state index is 13.1. The molecule has 0 amide bonds. The Labute approximate surface area is 631 Å². The Morgan fingerprint density at radius 1 is 0.320 bits per heavy atom. The third-order valence-electron chi connectivity index (χ3n) is 19.4. The van der Waals surface area contributed by atoms with Crippen molar-refractivity contribution in [3.05, 3.63) is 24.3 Å². The summed E-state index contributed by atoms with van der Waals surface area (Å²) in [6, 6.07) is 0. The highest BCUT2D eigenvalue weighted by Crippen LogP contribution is 2.45. The molecular formula is C84H160O17P2. The second kappa shape index (κ2) is 75.0. The average molecular weight is 1500 g/mol. The van der Waals surface area contributed by atoms with E-state index in [-0.39, 0.29) is 25.7 Å². The smallest absolute Gasteiger partial charge is 0.462 e. The van der Waals surface area contributed by atoms with Crippen LogP contribution in [-0.4, -0.2) is 96.7 Å². The van der Waals surface area contributed by atoms with Crippen molar-refractivity contribution in [1.82, 2.24) is 0 Å². The van der Waals surface area contributed by atoms with Crippen LogP contribution in [0.3, 0.4) is 0 Å². The molecule has 3 N–H and O–H groups in total. The first-order valence-corrected chi connectivity index (χ1v) is 45.8. The van der Waals surface area contributed by atoms with Gasteiger partial charge in [-0.3, -0.25) is 37.3 Å². The van der Waals surface area contributed by atoms with Gasteiger partial charge < -0.3 is 33.8 Å². The van der Waals surface area contributed by atoms with E-state index in [9.17, 15) is 43.2 Å². The largest absolute Gasteiger partial charge is 0.472 e. The number of aliphatic hydroxyl groups is 1. The lowest BCUT2D eigenvalue weighted by molar-refractivity contribution is -0.161. The highest BCUT2D eigenvalue weighted by atomic mass is 31.2. The number of aliphatic hydroxyl groups excluding tert-OH is 1. The molecule has 0 aromatic rings. The van der Waals surface area contributed by atoms with Gasteiger partial charge in [-0.05, 0) is 63.2 Å². The summed E-state index contributed by atoms with van der Waals surface area (Å²) in [4.78, 5) is 73.1. The van der Waals surface area contributed by atoms with Gasteiger partial charge in [0.2, 0.25) is 0 Å². The number of ether oxygens (including phenoxy) is 4. The molecule has 0 fully saturated rings. The number of unbranched alkanes of at least 4 members (excludes halogenated alkanes) is 47. The van der Waals surface area contributed by atoms with Gasteiger partial charge in [0.15, 0.2) is 12.2 Å². The van der Waals surface area contributed by atoms with Crippen molar-refractivity contribution in [2.75, 3.05) is 39.6 Å². The molecule has 0 aliphatic carbocycles. The van der Waals surface area contributed by atoms with Crippen LogP contribution in [0.5, 0.6) is 0 Å². The van der Waals surface area contributed by atoms with Crippen LogP contribution in [0.25, 0.3) is 0 Å². The number of phosphoric ester groups is 2. The van der Waals surface area contributed by atoms with E-state index in [1.165, 1.54) is 218 Å². The highest BCUT2D eigenvalue weighted by molar-refractivity contribution is 7.47. The van der Waals surface area contributed by atoms with Crippen molar-refractivity contribution in [2.24, 2.45) is 11.8 Å². The topological polar surface area (TPSA) is 237 Å². The predicted molar refractivity (Wildman–Crippen MR) is 423 cm³/mol. The maximum Gasteiger partial charge on any atom is 0.472 e. The van der Waals surface area contributed by atoms with Crippen LogP contribution in [0, 0.1) is 11.8 Å². The zero-order chi connectivity index (χ0) is 75.6. The maximum absolute atomic E-state index is 13.1. The van der Waals surface area contributed by atoms with Crippen molar-refractivity contribution in [2.45, 2.75) is 439 Å². The lowest BCUT2D eigenvalue weighted by Gasteiger charge is -2.21. The quantitative estimate of drug-likeness (QED) is 0.0169. The lowest BCUT2D eigenvalue weighted by Crippen LogP contribution is -2.30. The van der Waals surface area contributed by atoms with Crippen molar-refractivity contribution in [1.29, 1.82) is 0 Å². The molecule has 0 aliphatic heterocycles. The number of esters is 4. The molecule has 0 aromatic carbocycles. The molecule has 19 heteroatoms. The molecule has 0 spiro atoms. The van der Waals surface area contributed by atoms with Gasteiger partial charge in [-0.25, -0.2) is 9.13 Å². The number of hydrogen-bond acceptors (Lipinski definition) is 15. The van der Waals surface area contributed by atoms with Crippen LogP contribution < -0.4 is 0 Å². The molecular weight excluding hydrogens is 1340 g/mol. The molecule has 17 nitrogen and oxygen atoms in total. The minimum Gasteiger partial charge on any atom is -0.462 e. The van der Waals surface area contributed by atoms with Crippen LogP contribution in [0.15, 0.2) is 24.3 Å². The van der Waals surface area contributed by atoms with Crippen LogP contribution in [0.4, 0.5) is 0 Å². The molecule has 608 valence electrons. The summed E-state index contributed by atoms with van der Waals surface area (Å²) in [5.41, 5.74) is 0. The van der Waals surface area contributed by atoms with Gasteiger partial charge in [-0.2, -0.15) is 0 Å². The van der Waals surface area contributed by atoms with Crippen LogP contribution in [-0.2, 0) is 65.4 Å². The third kappa shape index (κ3) is 76.1. The Morgan fingerprint density at radius 2 is 0.573 bits per heavy atom. The highest BCUT2D eigenvalue weighted by Gasteiger charge is 2.30. The van der Waals surface area contributed by atoms with Crippen LogP contribution in [0.1, 0.15) is 420 Å². The van der Waals surface area contributed by atoms with Gasteiger partial charge >= 0.3 is 39.5 Å². The van der Waals surface area contributed by atoms with E-state index in [0.29, 0.717) is 25.7 Å². The van der Waals surface area contributed by atoms with Crippen molar-refractivity contribution in [3.8, 4) is 0 Å². The van der Waals surface area contributed by atoms with E-state index in [2.05, 4.69) is 65.8 Å². The Morgan fingerprint density at radius 3 is 0.874 bits per heavy atom. The van der Waals surface area contributed by atoms with Gasteiger partial charge in [0.05, 0.1) is 26.4 Å². The fraction of sp³-hybridized carbons (Fsp3) is 0.905. The summed E-state index contributed by atoms with van der Waals surface area (Å²) in [5.74, 6) is -0.541. The molecule has 0 saturated heterocycles. The number of phosphoric acid groups is 2. The molecule has 3 unspecified atom stereocenters. The summed E-state index contributed by atoms with van der Waals surface area (Å²) in [5, 5.41) is 10.7. The molecule has 6 atom stereocenters. The molecule has 103 heavy (non-hydrogen) atoms. The third-order valence-corrected chi connectivity index (χ3v) is 21.3. The van der Waals surface area contributed by atoms with E-state index in [0.717, 1.165) is 121 Å². The number of carbonyl (C=O) groups excluding carboxylic acids is 4. The number of allylic oxidation sites excluding steroid dienone is 4. The molecule has 0 radical (unpaired) electrons. The number of carbonyl (C=O) groups is 4. The second-order valence-corrected chi connectivity index (χ2v) is 33.2. The molecule has 0 bridgehead atoms. The summed E-state index contributed by atoms with van der Waals surface area (Å²) in [6.07, 6.45) is 68.8. The van der Waals surface area contributed by atoms with Gasteiger partial charge in [0.1, 0.15) is 19.3 Å². The van der Waals surface area contributed by atoms with E-state index in [4.69, 9.17) is 37.0 Å². The van der Waals surface area contributed by atoms with E-state index >= 15 is 0 Å². The Kier molecular flexibility index (Phi) is 73.2. The molecule has 0 rings (SSSR count). The zero-order valence-corrected chi connectivity index (χ0v) is 68.9. The standard InChI is InChI=1S/C84H160O17P2/c1-7-10-12-14-16-18-20-22-28-33-37-41-48-54-60-66-81(86)94-72-79(100-83(88)69-63-57-51-43-39-35-31-27-25-24-26-30-32-36-40-47-53-59-65-77(6)9-3)74-98-102(90,91)96-70-78(85)71-97-103(92,93)99-75-80(73-95-82(87)67-61-55-49-45-44-46-52-58-64-76(4)5)101-84(89)68-62-56-50-42-38-34-29-23-21-19-17-15-13-11-8-2/h18,20,22,28,76-80,85H,7-17,19,21,23-27,29-75H2,1-6H3,(H,90,91)(H,92,93)/b20-18-,28-22-/t77?,78-,79-,80-/m1/s1. The van der Waals surface area contributed by atoms with Crippen molar-refractivity contribution >= 4 is 39.5 Å². The van der Waals surface area contributed by atoms with Crippen LogP contribution in [0.2, 0.25) is 0 Å². The SMILES string of the molecule is CCCCCC/C=C\C=C/CCCCCCCC(=O)OC[C@H](COP(=O)(O)OC[C@@H](O)COP(=O)(O)OC[C@@H](COC(=O)CCCCCCCCCCC(C)C)OC(=O)CCCCCCCCCCCCCCCCC)OC(=O)CCCCCCCCCCCCCCCCCCCCC(C)CC. The Hall–Kier alpha value is -2.46. The Bertz CT molecular complexity index is 2070. The van der Waals surface area contributed by atoms with E-state index < -0.39 is 97.5 Å². The van der Waals surface area contributed by atoms with Crippen molar-refractivity contribution in [3.63, 3.8) is 0 Å². The van der Waals surface area contributed by atoms with E-state index in [1.54, 1.807) is 0 Å². The fourth-order valence-corrected chi connectivity index (χ4v) is 14.1. The van der Waals surface area contributed by atoms with Gasteiger partial charge in [0, 0.05) is 25.7 Å². The second-order valence-electron chi connectivity index (χ2n) is 30.3. The fourth-order valence-electron chi connectivity index (χ4n) is 12.5. The average Bonchev–Trinajstić information content (AvgIpc) is 0.927. The number of hydrogen-bond donors (Lipinski definition) is 3. The van der Waals surface area contributed by atoms with Crippen LogP contribution >= 0.6 is 15.6 Å². The Balaban J connectivity index is 5.26. The minimum atomic E-state index is -4.97. The van der Waals surface area contributed by atoms with Gasteiger partial charge in [0.25, 0.3) is 0 Å². The van der Waals surface area contributed by atoms with Gasteiger partial charge in [-0.15, -0.1) is 0 Å². The zero-order valence-electron chi connectivity index (χ0n) is 67.1. The lowest BCUT2D eigenvalue weighted by atomic mass is 9.99. The summed E-state index contributed by atoms with van der Waals surface area (Å²) in [6.45, 7) is 9.62. The monoisotopic (exact) mass is 1500 g/mol. The molecule has 0 aliphatic rings. The normalized spacial score (nSPS) is 14.3. The molecule has 0 heterocycles. The minimum absolute atomic E-state index is 0.102. The summed E-state index contributed by atoms with van der Waals surface area (Å²) in [7, 11) is -9.94. The van der Waals surface area contributed by atoms with Gasteiger partial charge in [-0.1, -0.05) is 368 Å². The molecule has 0 aromatic heterocycles.